The maximum atomic E-state index is 3.82. The molecule has 0 heterocycles. The maximum Gasteiger partial charge on any atom is 0.0395 e. The van der Waals surface area contributed by atoms with Gasteiger partial charge in [0.05, 0.1) is 0 Å². The Labute approximate surface area is 134 Å². The number of hydrogen-bond donors (Lipinski definition) is 0. The van der Waals surface area contributed by atoms with Crippen LogP contribution in [0.2, 0.25) is 0 Å². The highest BCUT2D eigenvalue weighted by molar-refractivity contribution is 9.09. The van der Waals surface area contributed by atoms with Crippen LogP contribution in [0.4, 0.5) is 0 Å². The molecule has 0 bridgehead atoms. The van der Waals surface area contributed by atoms with E-state index in [0.29, 0.717) is 4.83 Å². The Bertz CT molecular complexity index is 328. The second-order valence-electron chi connectivity index (χ2n) is 6.00. The van der Waals surface area contributed by atoms with Gasteiger partial charge in [0.15, 0.2) is 0 Å². The normalized spacial score (nSPS) is 12.6. The quantitative estimate of drug-likeness (QED) is 0.292. The summed E-state index contributed by atoms with van der Waals surface area (Å²) in [5.41, 5.74) is 2.77. The number of aryl methyl sites for hydroxylation is 1. The molecule has 0 radical (unpaired) electrons. The van der Waals surface area contributed by atoms with Crippen LogP contribution in [0, 0.1) is 6.92 Å². The van der Waals surface area contributed by atoms with E-state index in [1.165, 1.54) is 75.3 Å². The highest BCUT2D eigenvalue weighted by Crippen LogP contribution is 2.28. The van der Waals surface area contributed by atoms with Crippen LogP contribution in [0.25, 0.3) is 0 Å². The Morgan fingerprint density at radius 2 is 1.30 bits per heavy atom. The second kappa shape index (κ2) is 11.4. The molecule has 1 unspecified atom stereocenters. The zero-order chi connectivity index (χ0) is 14.6. The van der Waals surface area contributed by atoms with Crippen LogP contribution >= 0.6 is 15.9 Å². The molecule has 0 aromatic heterocycles. The Hall–Kier alpha value is -0.300. The fourth-order valence-electron chi connectivity index (χ4n) is 2.58. The van der Waals surface area contributed by atoms with E-state index in [4.69, 9.17) is 0 Å². The molecule has 0 saturated carbocycles. The Morgan fingerprint density at radius 1 is 0.800 bits per heavy atom. The summed E-state index contributed by atoms with van der Waals surface area (Å²) in [4.78, 5) is 0.535. The van der Waals surface area contributed by atoms with Gasteiger partial charge in [-0.2, -0.15) is 0 Å². The van der Waals surface area contributed by atoms with Gasteiger partial charge in [0, 0.05) is 4.83 Å². The van der Waals surface area contributed by atoms with E-state index in [-0.39, 0.29) is 0 Å². The topological polar surface area (TPSA) is 0 Å². The first-order chi connectivity index (χ1) is 9.74. The van der Waals surface area contributed by atoms with Crippen LogP contribution in [-0.2, 0) is 0 Å². The van der Waals surface area contributed by atoms with E-state index in [2.05, 4.69) is 54.0 Å². The van der Waals surface area contributed by atoms with Crippen LogP contribution in [0.1, 0.15) is 87.1 Å². The lowest BCUT2D eigenvalue weighted by atomic mass is 10.0. The Kier molecular flexibility index (Phi) is 10.1. The van der Waals surface area contributed by atoms with Crippen LogP contribution in [0.5, 0.6) is 0 Å². The molecule has 0 fully saturated rings. The molecule has 0 N–H and O–H groups in total. The summed E-state index contributed by atoms with van der Waals surface area (Å²) in [5.74, 6) is 0. The van der Waals surface area contributed by atoms with E-state index in [9.17, 15) is 0 Å². The lowest BCUT2D eigenvalue weighted by molar-refractivity contribution is 0.556. The van der Waals surface area contributed by atoms with Crippen molar-refractivity contribution < 1.29 is 0 Å². The van der Waals surface area contributed by atoms with Crippen molar-refractivity contribution in [3.05, 3.63) is 35.4 Å². The van der Waals surface area contributed by atoms with Gasteiger partial charge in [-0.25, -0.2) is 0 Å². The summed E-state index contributed by atoms with van der Waals surface area (Å²) in [5, 5.41) is 0. The van der Waals surface area contributed by atoms with Gasteiger partial charge >= 0.3 is 0 Å². The molecular weight excluding hydrogens is 308 g/mol. The summed E-state index contributed by atoms with van der Waals surface area (Å²) in [7, 11) is 0. The summed E-state index contributed by atoms with van der Waals surface area (Å²) >= 11 is 3.82. The largest absolute Gasteiger partial charge is 0.0839 e. The molecule has 0 aliphatic carbocycles. The SMILES string of the molecule is CCCCCCCCCCCC(Br)c1ccc(C)cc1. The van der Waals surface area contributed by atoms with Crippen molar-refractivity contribution in [2.24, 2.45) is 0 Å². The van der Waals surface area contributed by atoms with Crippen molar-refractivity contribution in [2.75, 3.05) is 0 Å². The zero-order valence-corrected chi connectivity index (χ0v) is 14.9. The van der Waals surface area contributed by atoms with Gasteiger partial charge in [-0.05, 0) is 18.9 Å². The molecule has 114 valence electrons. The van der Waals surface area contributed by atoms with Crippen LogP contribution in [0.3, 0.4) is 0 Å². The minimum atomic E-state index is 0.535. The van der Waals surface area contributed by atoms with Crippen molar-refractivity contribution >= 4 is 15.9 Å². The van der Waals surface area contributed by atoms with E-state index >= 15 is 0 Å². The third-order valence-corrected chi connectivity index (χ3v) is 4.99. The van der Waals surface area contributed by atoms with E-state index in [0.717, 1.165) is 0 Å². The Balaban J connectivity index is 1.99. The second-order valence-corrected chi connectivity index (χ2v) is 7.10. The fourth-order valence-corrected chi connectivity index (χ4v) is 3.21. The van der Waals surface area contributed by atoms with Gasteiger partial charge in [0.1, 0.15) is 0 Å². The molecule has 20 heavy (non-hydrogen) atoms. The van der Waals surface area contributed by atoms with Crippen LogP contribution < -0.4 is 0 Å². The van der Waals surface area contributed by atoms with Gasteiger partial charge in [-0.1, -0.05) is 110 Å². The molecular formula is C19H31Br. The van der Waals surface area contributed by atoms with Crippen molar-refractivity contribution in [2.45, 2.75) is 82.9 Å². The molecule has 1 rings (SSSR count). The van der Waals surface area contributed by atoms with Crippen LogP contribution in [-0.4, -0.2) is 0 Å². The average molecular weight is 339 g/mol. The summed E-state index contributed by atoms with van der Waals surface area (Å²) in [6, 6.07) is 8.92. The van der Waals surface area contributed by atoms with Gasteiger partial charge in [-0.3, -0.25) is 0 Å². The first-order valence-electron chi connectivity index (χ1n) is 8.44. The zero-order valence-electron chi connectivity index (χ0n) is 13.3. The molecule has 0 saturated heterocycles. The lowest BCUT2D eigenvalue weighted by Gasteiger charge is -2.10. The summed E-state index contributed by atoms with van der Waals surface area (Å²) in [6.07, 6.45) is 13.9. The van der Waals surface area contributed by atoms with Crippen molar-refractivity contribution in [1.29, 1.82) is 0 Å². The fraction of sp³-hybridized carbons (Fsp3) is 0.684. The highest BCUT2D eigenvalue weighted by atomic mass is 79.9. The average Bonchev–Trinajstić information content (AvgIpc) is 2.46. The van der Waals surface area contributed by atoms with Gasteiger partial charge in [0.25, 0.3) is 0 Å². The number of unbranched alkanes of at least 4 members (excludes halogenated alkanes) is 8. The predicted molar refractivity (Wildman–Crippen MR) is 94.7 cm³/mol. The minimum absolute atomic E-state index is 0.535. The number of hydrogen-bond acceptors (Lipinski definition) is 0. The van der Waals surface area contributed by atoms with E-state index < -0.39 is 0 Å². The van der Waals surface area contributed by atoms with Gasteiger partial charge in [-0.15, -0.1) is 0 Å². The first kappa shape index (κ1) is 17.8. The molecule has 0 spiro atoms. The molecule has 1 aromatic carbocycles. The monoisotopic (exact) mass is 338 g/mol. The highest BCUT2D eigenvalue weighted by Gasteiger charge is 2.06. The van der Waals surface area contributed by atoms with E-state index in [1.807, 2.05) is 0 Å². The van der Waals surface area contributed by atoms with Crippen molar-refractivity contribution in [1.82, 2.24) is 0 Å². The lowest BCUT2D eigenvalue weighted by Crippen LogP contribution is -1.90. The molecule has 0 nitrogen and oxygen atoms in total. The molecule has 0 aliphatic rings. The molecule has 1 heteroatoms. The van der Waals surface area contributed by atoms with E-state index in [1.54, 1.807) is 0 Å². The number of alkyl halides is 1. The molecule has 0 amide bonds. The maximum absolute atomic E-state index is 3.82. The van der Waals surface area contributed by atoms with Gasteiger partial charge in [0.2, 0.25) is 0 Å². The van der Waals surface area contributed by atoms with Gasteiger partial charge < -0.3 is 0 Å². The molecule has 1 atom stereocenters. The van der Waals surface area contributed by atoms with Crippen LogP contribution in [0.15, 0.2) is 24.3 Å². The minimum Gasteiger partial charge on any atom is -0.0839 e. The van der Waals surface area contributed by atoms with Crippen molar-refractivity contribution in [3.63, 3.8) is 0 Å². The standard InChI is InChI=1S/C19H31Br/c1-3-4-5-6-7-8-9-10-11-12-19(20)18-15-13-17(2)14-16-18/h13-16,19H,3-12H2,1-2H3. The first-order valence-corrected chi connectivity index (χ1v) is 9.36. The summed E-state index contributed by atoms with van der Waals surface area (Å²) < 4.78 is 0. The third kappa shape index (κ3) is 8.09. The number of benzene rings is 1. The number of halogens is 1. The number of rotatable bonds is 11. The summed E-state index contributed by atoms with van der Waals surface area (Å²) in [6.45, 7) is 4.43. The Morgan fingerprint density at radius 3 is 1.85 bits per heavy atom. The predicted octanol–water partition coefficient (Wildman–Crippen LogP) is 7.35. The smallest absolute Gasteiger partial charge is 0.0395 e. The van der Waals surface area contributed by atoms with Crippen molar-refractivity contribution in [3.8, 4) is 0 Å². The molecule has 1 aromatic rings. The third-order valence-electron chi connectivity index (χ3n) is 4.00. The molecule has 0 aliphatic heterocycles.